The van der Waals surface area contributed by atoms with Gasteiger partial charge in [-0.15, -0.1) is 0 Å². The molecule has 4 aromatic rings. The number of carbonyl (C=O) groups is 3. The van der Waals surface area contributed by atoms with Gasteiger partial charge in [0.05, 0.1) is 11.3 Å². The van der Waals surface area contributed by atoms with Gasteiger partial charge in [-0.3, -0.25) is 14.4 Å². The molecule has 0 aliphatic heterocycles. The van der Waals surface area contributed by atoms with Crippen molar-refractivity contribution in [2.75, 3.05) is 11.9 Å². The van der Waals surface area contributed by atoms with E-state index in [0.717, 1.165) is 22.0 Å². The third kappa shape index (κ3) is 5.46. The second-order valence-electron chi connectivity index (χ2n) is 7.53. The van der Waals surface area contributed by atoms with Crippen LogP contribution in [-0.2, 0) is 22.6 Å². The zero-order chi connectivity index (χ0) is 23.0. The first-order valence-corrected chi connectivity index (χ1v) is 10.7. The van der Waals surface area contributed by atoms with Gasteiger partial charge in [0.2, 0.25) is 0 Å². The highest BCUT2D eigenvalue weighted by molar-refractivity contribution is 6.40. The van der Waals surface area contributed by atoms with Crippen LogP contribution in [0.1, 0.15) is 21.5 Å². The lowest BCUT2D eigenvalue weighted by Crippen LogP contribution is -2.37. The van der Waals surface area contributed by atoms with Gasteiger partial charge in [-0.1, -0.05) is 60.7 Å². The Hall–Kier alpha value is -4.39. The first kappa shape index (κ1) is 21.8. The lowest BCUT2D eigenvalue weighted by Gasteiger charge is -2.11. The van der Waals surface area contributed by atoms with E-state index in [9.17, 15) is 14.4 Å². The number of aromatic nitrogens is 1. The number of hydrogen-bond acceptors (Lipinski definition) is 3. The molecule has 7 heteroatoms. The van der Waals surface area contributed by atoms with E-state index in [1.807, 2.05) is 60.8 Å². The zero-order valence-corrected chi connectivity index (χ0v) is 17.9. The van der Waals surface area contributed by atoms with Crippen LogP contribution < -0.4 is 16.0 Å². The minimum Gasteiger partial charge on any atom is -0.361 e. The van der Waals surface area contributed by atoms with Crippen LogP contribution in [0.25, 0.3) is 10.9 Å². The van der Waals surface area contributed by atoms with Crippen LogP contribution in [0.5, 0.6) is 0 Å². The number of H-pyrrole nitrogens is 1. The molecule has 0 saturated heterocycles. The predicted octanol–water partition coefficient (Wildman–Crippen LogP) is 3.40. The second kappa shape index (κ2) is 10.3. The van der Waals surface area contributed by atoms with Crippen molar-refractivity contribution in [1.82, 2.24) is 15.6 Å². The molecule has 166 valence electrons. The van der Waals surface area contributed by atoms with Gasteiger partial charge in [-0.2, -0.15) is 0 Å². The Morgan fingerprint density at radius 3 is 2.33 bits per heavy atom. The molecule has 3 amide bonds. The van der Waals surface area contributed by atoms with E-state index in [4.69, 9.17) is 0 Å². The van der Waals surface area contributed by atoms with E-state index in [2.05, 4.69) is 20.9 Å². The average molecular weight is 441 g/mol. The molecule has 0 saturated carbocycles. The number of carbonyl (C=O) groups excluding carboxylic acids is 3. The second-order valence-corrected chi connectivity index (χ2v) is 7.53. The zero-order valence-electron chi connectivity index (χ0n) is 17.9. The fourth-order valence-electron chi connectivity index (χ4n) is 3.57. The van der Waals surface area contributed by atoms with Gasteiger partial charge in [0.1, 0.15) is 0 Å². The minimum absolute atomic E-state index is 0.278. The largest absolute Gasteiger partial charge is 0.361 e. The number of fused-ring (bicyclic) bond motifs is 1. The number of hydrogen-bond donors (Lipinski definition) is 4. The Morgan fingerprint density at radius 2 is 1.48 bits per heavy atom. The molecular weight excluding hydrogens is 416 g/mol. The van der Waals surface area contributed by atoms with Gasteiger partial charge < -0.3 is 20.9 Å². The number of rotatable bonds is 7. The summed E-state index contributed by atoms with van der Waals surface area (Å²) < 4.78 is 0. The van der Waals surface area contributed by atoms with Crippen molar-refractivity contribution < 1.29 is 14.4 Å². The highest BCUT2D eigenvalue weighted by Crippen LogP contribution is 2.18. The maximum atomic E-state index is 12.6. The summed E-state index contributed by atoms with van der Waals surface area (Å²) in [5.41, 5.74) is 3.61. The molecule has 0 unspecified atom stereocenters. The summed E-state index contributed by atoms with van der Waals surface area (Å²) in [6.45, 7) is 0.670. The van der Waals surface area contributed by atoms with E-state index in [0.29, 0.717) is 19.5 Å². The summed E-state index contributed by atoms with van der Waals surface area (Å²) in [7, 11) is 0. The Bertz CT molecular complexity index is 1280. The van der Waals surface area contributed by atoms with Crippen molar-refractivity contribution in [2.45, 2.75) is 13.0 Å². The van der Waals surface area contributed by atoms with Crippen molar-refractivity contribution >= 4 is 34.3 Å². The molecule has 33 heavy (non-hydrogen) atoms. The molecule has 4 N–H and O–H groups in total. The third-order valence-corrected chi connectivity index (χ3v) is 5.28. The van der Waals surface area contributed by atoms with Crippen LogP contribution in [0.4, 0.5) is 5.69 Å². The number of amides is 3. The van der Waals surface area contributed by atoms with E-state index in [1.165, 1.54) is 0 Å². The molecule has 0 atom stereocenters. The van der Waals surface area contributed by atoms with Gasteiger partial charge in [0, 0.05) is 30.2 Å². The van der Waals surface area contributed by atoms with Crippen molar-refractivity contribution in [2.24, 2.45) is 0 Å². The molecule has 0 fully saturated rings. The summed E-state index contributed by atoms with van der Waals surface area (Å²) in [5.74, 6) is -1.92. The van der Waals surface area contributed by atoms with E-state index in [-0.39, 0.29) is 17.2 Å². The fourth-order valence-corrected chi connectivity index (χ4v) is 3.57. The van der Waals surface area contributed by atoms with Crippen molar-refractivity contribution in [3.8, 4) is 0 Å². The highest BCUT2D eigenvalue weighted by Gasteiger charge is 2.17. The van der Waals surface area contributed by atoms with Gasteiger partial charge in [0.15, 0.2) is 0 Å². The normalized spacial score (nSPS) is 10.5. The number of aromatic amines is 1. The summed E-state index contributed by atoms with van der Waals surface area (Å²) in [6.07, 6.45) is 2.49. The summed E-state index contributed by atoms with van der Waals surface area (Å²) in [4.78, 5) is 40.5. The molecule has 0 spiro atoms. The molecule has 1 aromatic heterocycles. The van der Waals surface area contributed by atoms with Crippen LogP contribution >= 0.6 is 0 Å². The van der Waals surface area contributed by atoms with Crippen molar-refractivity contribution in [3.63, 3.8) is 0 Å². The van der Waals surface area contributed by atoms with Crippen LogP contribution in [-0.4, -0.2) is 29.3 Å². The first-order chi connectivity index (χ1) is 16.1. The molecule has 0 aliphatic carbocycles. The smallest absolute Gasteiger partial charge is 0.313 e. The average Bonchev–Trinajstić information content (AvgIpc) is 3.26. The Morgan fingerprint density at radius 1 is 0.758 bits per heavy atom. The molecule has 4 rings (SSSR count). The van der Waals surface area contributed by atoms with Crippen LogP contribution in [0, 0.1) is 0 Å². The van der Waals surface area contributed by atoms with Crippen LogP contribution in [0.15, 0.2) is 85.1 Å². The molecule has 0 bridgehead atoms. The van der Waals surface area contributed by atoms with Crippen LogP contribution in [0.3, 0.4) is 0 Å². The Kier molecular flexibility index (Phi) is 6.80. The van der Waals surface area contributed by atoms with Gasteiger partial charge in [-0.25, -0.2) is 0 Å². The van der Waals surface area contributed by atoms with Crippen LogP contribution in [0.2, 0.25) is 0 Å². The third-order valence-electron chi connectivity index (χ3n) is 5.28. The molecule has 0 radical (unpaired) electrons. The monoisotopic (exact) mass is 440 g/mol. The number of anilines is 1. The summed E-state index contributed by atoms with van der Waals surface area (Å²) >= 11 is 0. The fraction of sp³-hybridized carbons (Fsp3) is 0.115. The lowest BCUT2D eigenvalue weighted by molar-refractivity contribution is -0.136. The molecular formula is C26H24N4O3. The molecule has 7 nitrogen and oxygen atoms in total. The van der Waals surface area contributed by atoms with E-state index in [1.54, 1.807) is 24.3 Å². The maximum absolute atomic E-state index is 12.6. The van der Waals surface area contributed by atoms with Crippen molar-refractivity contribution in [1.29, 1.82) is 0 Å². The minimum atomic E-state index is -0.822. The topological polar surface area (TPSA) is 103 Å². The SMILES string of the molecule is O=C(NCCc1c[nH]c2ccccc12)C(=O)Nc1ccccc1C(=O)NCc1ccccc1. The number of benzene rings is 3. The van der Waals surface area contributed by atoms with E-state index >= 15 is 0 Å². The predicted molar refractivity (Wildman–Crippen MR) is 128 cm³/mol. The Balaban J connectivity index is 1.32. The summed E-state index contributed by atoms with van der Waals surface area (Å²) in [5, 5.41) is 9.10. The number of para-hydroxylation sites is 2. The quantitative estimate of drug-likeness (QED) is 0.331. The number of nitrogens with one attached hydrogen (secondary N) is 4. The highest BCUT2D eigenvalue weighted by atomic mass is 16.2. The Labute approximate surface area is 191 Å². The maximum Gasteiger partial charge on any atom is 0.313 e. The standard InChI is InChI=1S/C26H24N4O3/c31-24(29-16-18-8-2-1-3-9-18)21-11-5-7-13-23(21)30-26(33)25(32)27-15-14-19-17-28-22-12-6-4-10-20(19)22/h1-13,17,28H,14-16H2,(H,27,32)(H,29,31)(H,30,33). The van der Waals surface area contributed by atoms with Gasteiger partial charge in [-0.05, 0) is 35.7 Å². The summed E-state index contributed by atoms with van der Waals surface area (Å²) in [6, 6.07) is 24.0. The molecule has 1 heterocycles. The molecule has 3 aromatic carbocycles. The van der Waals surface area contributed by atoms with Crippen molar-refractivity contribution in [3.05, 3.63) is 102 Å². The van der Waals surface area contributed by atoms with E-state index < -0.39 is 11.8 Å². The molecule has 0 aliphatic rings. The first-order valence-electron chi connectivity index (χ1n) is 10.7. The lowest BCUT2D eigenvalue weighted by atomic mass is 10.1. The van der Waals surface area contributed by atoms with Gasteiger partial charge in [0.25, 0.3) is 5.91 Å². The van der Waals surface area contributed by atoms with Gasteiger partial charge >= 0.3 is 11.8 Å².